The Bertz CT molecular complexity index is 3090. The van der Waals surface area contributed by atoms with Crippen LogP contribution in [-0.2, 0) is 0 Å². The first-order valence-corrected chi connectivity index (χ1v) is 17.9. The smallest absolute Gasteiger partial charge is 0.227 e. The Hall–Kier alpha value is -7.44. The zero-order chi connectivity index (χ0) is 35.6. The lowest BCUT2D eigenvalue weighted by atomic mass is 9.88. The SMILES string of the molecule is c1ccc(-c2nc(-c3ccccc3)nc(-c3c4ccccc4c(-c4ccc(-c5nc6cc7oc8ccccc8c7cc6o5)cc4)c4ccccc34)n2)cc1. The molecule has 0 aliphatic heterocycles. The number of fused-ring (bicyclic) bond motifs is 6. The van der Waals surface area contributed by atoms with Gasteiger partial charge in [0.15, 0.2) is 23.1 Å². The van der Waals surface area contributed by atoms with Crippen molar-refractivity contribution in [3.63, 3.8) is 0 Å². The number of aromatic nitrogens is 4. The van der Waals surface area contributed by atoms with Crippen LogP contribution < -0.4 is 0 Å². The molecule has 0 spiro atoms. The van der Waals surface area contributed by atoms with E-state index in [-0.39, 0.29) is 0 Å². The van der Waals surface area contributed by atoms with Gasteiger partial charge in [-0.05, 0) is 56.9 Å². The van der Waals surface area contributed by atoms with Crippen LogP contribution in [-0.4, -0.2) is 19.9 Å². The van der Waals surface area contributed by atoms with E-state index in [0.29, 0.717) is 23.4 Å². The van der Waals surface area contributed by atoms with Gasteiger partial charge < -0.3 is 8.83 Å². The van der Waals surface area contributed by atoms with Crippen LogP contribution >= 0.6 is 0 Å². The third-order valence-corrected chi connectivity index (χ3v) is 10.2. The molecule has 0 N–H and O–H groups in total. The summed E-state index contributed by atoms with van der Waals surface area (Å²) in [6.07, 6.45) is 0. The molecule has 252 valence electrons. The highest BCUT2D eigenvalue weighted by Gasteiger charge is 2.21. The predicted molar refractivity (Wildman–Crippen MR) is 217 cm³/mol. The molecule has 0 fully saturated rings. The summed E-state index contributed by atoms with van der Waals surface area (Å²) in [5, 5.41) is 6.43. The normalized spacial score (nSPS) is 11.7. The first-order valence-electron chi connectivity index (χ1n) is 17.9. The van der Waals surface area contributed by atoms with Crippen molar-refractivity contribution in [3.8, 4) is 56.7 Å². The lowest BCUT2D eigenvalue weighted by Crippen LogP contribution is -2.01. The summed E-state index contributed by atoms with van der Waals surface area (Å²) >= 11 is 0. The third kappa shape index (κ3) is 4.89. The molecule has 0 aliphatic carbocycles. The van der Waals surface area contributed by atoms with Crippen LogP contribution in [0, 0.1) is 0 Å². The zero-order valence-corrected chi connectivity index (χ0v) is 28.8. The highest BCUT2D eigenvalue weighted by Crippen LogP contribution is 2.44. The molecule has 6 nitrogen and oxygen atoms in total. The average molecular weight is 693 g/mol. The fraction of sp³-hybridized carbons (Fsp3) is 0. The van der Waals surface area contributed by atoms with E-state index in [9.17, 15) is 0 Å². The molecule has 6 heteroatoms. The first-order chi connectivity index (χ1) is 26.7. The molecule has 0 aliphatic rings. The van der Waals surface area contributed by atoms with Crippen molar-refractivity contribution >= 4 is 54.6 Å². The molecule has 8 aromatic carbocycles. The molecular formula is C48H28N4O2. The quantitative estimate of drug-likeness (QED) is 0.167. The highest BCUT2D eigenvalue weighted by molar-refractivity contribution is 6.21. The van der Waals surface area contributed by atoms with Gasteiger partial charge >= 0.3 is 0 Å². The van der Waals surface area contributed by atoms with E-state index >= 15 is 0 Å². The maximum Gasteiger partial charge on any atom is 0.227 e. The van der Waals surface area contributed by atoms with Crippen LogP contribution in [0.5, 0.6) is 0 Å². The van der Waals surface area contributed by atoms with Gasteiger partial charge in [0.2, 0.25) is 5.89 Å². The van der Waals surface area contributed by atoms with Crippen molar-refractivity contribution in [2.24, 2.45) is 0 Å². The van der Waals surface area contributed by atoms with Crippen molar-refractivity contribution in [3.05, 3.63) is 170 Å². The van der Waals surface area contributed by atoms with Gasteiger partial charge in [0.05, 0.1) is 0 Å². The highest BCUT2D eigenvalue weighted by atomic mass is 16.4. The number of hydrogen-bond acceptors (Lipinski definition) is 6. The first kappa shape index (κ1) is 30.2. The minimum atomic E-state index is 0.567. The van der Waals surface area contributed by atoms with Gasteiger partial charge in [-0.1, -0.05) is 140 Å². The second-order valence-electron chi connectivity index (χ2n) is 13.4. The van der Waals surface area contributed by atoms with Gasteiger partial charge in [0, 0.05) is 39.1 Å². The molecule has 0 amide bonds. The molecule has 3 aromatic heterocycles. The Kier molecular flexibility index (Phi) is 6.75. The van der Waals surface area contributed by atoms with Gasteiger partial charge in [-0.25, -0.2) is 19.9 Å². The Balaban J connectivity index is 1.07. The van der Waals surface area contributed by atoms with E-state index in [1.165, 1.54) is 0 Å². The van der Waals surface area contributed by atoms with Gasteiger partial charge in [-0.15, -0.1) is 0 Å². The minimum absolute atomic E-state index is 0.567. The summed E-state index contributed by atoms with van der Waals surface area (Å²) < 4.78 is 12.4. The Labute approximate surface area is 309 Å². The molecule has 0 saturated carbocycles. The molecule has 0 atom stereocenters. The summed E-state index contributed by atoms with van der Waals surface area (Å²) in [5.41, 5.74) is 9.11. The maximum atomic E-state index is 6.34. The molecule has 3 heterocycles. The van der Waals surface area contributed by atoms with Crippen molar-refractivity contribution < 1.29 is 8.83 Å². The average Bonchev–Trinajstić information content (AvgIpc) is 3.83. The van der Waals surface area contributed by atoms with Crippen LogP contribution in [0.2, 0.25) is 0 Å². The Morgan fingerprint density at radius 1 is 0.296 bits per heavy atom. The van der Waals surface area contributed by atoms with Crippen LogP contribution in [0.3, 0.4) is 0 Å². The van der Waals surface area contributed by atoms with Crippen LogP contribution in [0.1, 0.15) is 0 Å². The molecule has 0 unspecified atom stereocenters. The van der Waals surface area contributed by atoms with Gasteiger partial charge in [-0.2, -0.15) is 0 Å². The number of furan rings is 1. The molecule has 0 bridgehead atoms. The second kappa shape index (κ2) is 12.1. The Morgan fingerprint density at radius 2 is 0.796 bits per heavy atom. The minimum Gasteiger partial charge on any atom is -0.456 e. The molecule has 54 heavy (non-hydrogen) atoms. The van der Waals surface area contributed by atoms with Crippen LogP contribution in [0.4, 0.5) is 0 Å². The summed E-state index contributed by atoms with van der Waals surface area (Å²) in [7, 11) is 0. The van der Waals surface area contributed by atoms with E-state index in [1.807, 2.05) is 91.0 Å². The molecule has 0 saturated heterocycles. The van der Waals surface area contributed by atoms with Crippen LogP contribution in [0.15, 0.2) is 179 Å². The van der Waals surface area contributed by atoms with E-state index in [1.54, 1.807) is 0 Å². The molecule has 11 rings (SSSR count). The summed E-state index contributed by atoms with van der Waals surface area (Å²) in [6, 6.07) is 57.8. The third-order valence-electron chi connectivity index (χ3n) is 10.2. The number of oxazole rings is 1. The molecule has 11 aromatic rings. The van der Waals surface area contributed by atoms with E-state index < -0.39 is 0 Å². The number of hydrogen-bond donors (Lipinski definition) is 0. The topological polar surface area (TPSA) is 77.8 Å². The second-order valence-corrected chi connectivity index (χ2v) is 13.4. The van der Waals surface area contributed by atoms with Crippen molar-refractivity contribution in [1.29, 1.82) is 0 Å². The predicted octanol–water partition coefficient (Wildman–Crippen LogP) is 12.6. The summed E-state index contributed by atoms with van der Waals surface area (Å²) in [4.78, 5) is 20.1. The monoisotopic (exact) mass is 692 g/mol. The van der Waals surface area contributed by atoms with Gasteiger partial charge in [-0.3, -0.25) is 0 Å². The van der Waals surface area contributed by atoms with Crippen molar-refractivity contribution in [2.45, 2.75) is 0 Å². The number of benzene rings is 8. The fourth-order valence-electron chi connectivity index (χ4n) is 7.65. The molecular weight excluding hydrogens is 665 g/mol. The maximum absolute atomic E-state index is 6.34. The lowest BCUT2D eigenvalue weighted by Gasteiger charge is -2.17. The standard InChI is InChI=1S/C48H28N4O2/c1-3-13-30(14-4-1)45-50-46(31-15-5-2-6-16-31)52-47(51-45)44-36-20-9-7-18-34(36)43(35-19-8-10-21-37(35)44)29-23-25-32(26-24-29)48-49-39-28-41-38(27-42(39)54-48)33-17-11-12-22-40(33)53-41/h1-28H. The number of para-hydroxylation sites is 1. The fourth-order valence-corrected chi connectivity index (χ4v) is 7.65. The van der Waals surface area contributed by atoms with Crippen molar-refractivity contribution in [1.82, 2.24) is 19.9 Å². The van der Waals surface area contributed by atoms with E-state index in [0.717, 1.165) is 88.0 Å². The number of rotatable bonds is 5. The van der Waals surface area contributed by atoms with Crippen LogP contribution in [0.25, 0.3) is 111 Å². The van der Waals surface area contributed by atoms with Gasteiger partial charge in [0.1, 0.15) is 16.7 Å². The summed E-state index contributed by atoms with van der Waals surface area (Å²) in [5.74, 6) is 2.46. The number of nitrogens with zero attached hydrogens (tertiary/aromatic N) is 4. The van der Waals surface area contributed by atoms with E-state index in [2.05, 4.69) is 78.9 Å². The van der Waals surface area contributed by atoms with Crippen molar-refractivity contribution in [2.75, 3.05) is 0 Å². The zero-order valence-electron chi connectivity index (χ0n) is 28.8. The largest absolute Gasteiger partial charge is 0.456 e. The van der Waals surface area contributed by atoms with Gasteiger partial charge in [0.25, 0.3) is 0 Å². The van der Waals surface area contributed by atoms with E-state index in [4.69, 9.17) is 28.8 Å². The summed E-state index contributed by atoms with van der Waals surface area (Å²) in [6.45, 7) is 0. The molecule has 0 radical (unpaired) electrons. The Morgan fingerprint density at radius 3 is 1.41 bits per heavy atom. The lowest BCUT2D eigenvalue weighted by molar-refractivity contribution is 0.620.